The summed E-state index contributed by atoms with van der Waals surface area (Å²) in [6.07, 6.45) is 5.29. The number of nitrogens with one attached hydrogen (secondary N) is 5. The maximum Gasteiger partial charge on any atom is 0.326 e. The Kier molecular flexibility index (Phi) is 9.39. The predicted molar refractivity (Wildman–Crippen MR) is 136 cm³/mol. The van der Waals surface area contributed by atoms with E-state index >= 15 is 0 Å². The average Bonchev–Trinajstić information content (AvgIpc) is 3.51. The van der Waals surface area contributed by atoms with Crippen LogP contribution in [0.5, 0.6) is 0 Å². The normalized spacial score (nSPS) is 13.6. The summed E-state index contributed by atoms with van der Waals surface area (Å²) >= 11 is 0. The first kappa shape index (κ1) is 27.4. The third-order valence-corrected chi connectivity index (χ3v) is 5.83. The van der Waals surface area contributed by atoms with Gasteiger partial charge in [-0.15, -0.1) is 0 Å². The number of nitrogens with two attached hydrogens (primary N) is 1. The number of aromatic nitrogens is 3. The highest BCUT2D eigenvalue weighted by Gasteiger charge is 2.28. The van der Waals surface area contributed by atoms with E-state index in [4.69, 9.17) is 5.73 Å². The molecular formula is C25H33N7O5. The third-order valence-electron chi connectivity index (χ3n) is 5.83. The summed E-state index contributed by atoms with van der Waals surface area (Å²) in [5, 5.41) is 18.0. The monoisotopic (exact) mass is 511 g/mol. The minimum Gasteiger partial charge on any atom is -0.480 e. The second-order valence-electron chi connectivity index (χ2n) is 9.32. The Labute approximate surface area is 213 Å². The molecule has 0 aliphatic rings. The molecule has 0 radical (unpaired) electrons. The molecule has 12 heteroatoms. The number of imidazole rings is 1. The van der Waals surface area contributed by atoms with Crippen LogP contribution < -0.4 is 21.7 Å². The van der Waals surface area contributed by atoms with Gasteiger partial charge in [0.2, 0.25) is 17.7 Å². The zero-order valence-electron chi connectivity index (χ0n) is 20.8. The molecular weight excluding hydrogens is 478 g/mol. The van der Waals surface area contributed by atoms with E-state index in [0.717, 1.165) is 16.5 Å². The van der Waals surface area contributed by atoms with Crippen LogP contribution in [0.3, 0.4) is 0 Å². The van der Waals surface area contributed by atoms with Crippen molar-refractivity contribution in [1.82, 2.24) is 30.9 Å². The van der Waals surface area contributed by atoms with Crippen molar-refractivity contribution in [3.63, 3.8) is 0 Å². The van der Waals surface area contributed by atoms with E-state index in [1.54, 1.807) is 6.20 Å². The second-order valence-corrected chi connectivity index (χ2v) is 9.32. The van der Waals surface area contributed by atoms with Gasteiger partial charge in [-0.1, -0.05) is 32.0 Å². The fraction of sp³-hybridized carbons (Fsp3) is 0.400. The van der Waals surface area contributed by atoms with Crippen molar-refractivity contribution in [1.29, 1.82) is 0 Å². The molecule has 3 atom stereocenters. The standard InChI is InChI=1S/C25H33N7O5/c1-14(2)7-21(25(36)37)32-24(35)20(9-16-11-27-13-30-16)31-22(33)12-29-23(34)18(26)8-15-10-28-19-6-4-3-5-17(15)19/h3-6,10-11,13-14,18,20-21,28H,7-9,12,26H2,1-2H3,(H,27,30)(H,29,34)(H,31,33)(H,32,35)(H,36,37). The van der Waals surface area contributed by atoms with Gasteiger partial charge in [-0.3, -0.25) is 14.4 Å². The highest BCUT2D eigenvalue weighted by molar-refractivity contribution is 5.93. The van der Waals surface area contributed by atoms with Crippen molar-refractivity contribution in [2.24, 2.45) is 11.7 Å². The molecule has 3 amide bonds. The van der Waals surface area contributed by atoms with Crippen molar-refractivity contribution in [2.75, 3.05) is 6.54 Å². The largest absolute Gasteiger partial charge is 0.480 e. The van der Waals surface area contributed by atoms with Gasteiger partial charge in [0, 0.05) is 35.4 Å². The van der Waals surface area contributed by atoms with Gasteiger partial charge >= 0.3 is 5.97 Å². The SMILES string of the molecule is CC(C)CC(NC(=O)C(Cc1cnc[nH]1)NC(=O)CNC(=O)C(N)Cc1c[nH]c2ccccc12)C(=O)O. The zero-order chi connectivity index (χ0) is 26.9. The number of rotatable bonds is 13. The number of aromatic amines is 2. The van der Waals surface area contributed by atoms with Gasteiger partial charge in [0.25, 0.3) is 0 Å². The summed E-state index contributed by atoms with van der Waals surface area (Å²) in [6, 6.07) is 4.58. The first-order valence-electron chi connectivity index (χ1n) is 12.0. The minimum atomic E-state index is -1.16. The van der Waals surface area contributed by atoms with Gasteiger partial charge in [-0.2, -0.15) is 0 Å². The van der Waals surface area contributed by atoms with Crippen LogP contribution in [0, 0.1) is 5.92 Å². The van der Waals surface area contributed by atoms with Crippen molar-refractivity contribution < 1.29 is 24.3 Å². The first-order valence-corrected chi connectivity index (χ1v) is 12.0. The summed E-state index contributed by atoms with van der Waals surface area (Å²) in [5.41, 5.74) is 8.45. The van der Waals surface area contributed by atoms with Crippen LogP contribution in [0.15, 0.2) is 43.0 Å². The number of carbonyl (C=O) groups excluding carboxylic acids is 3. The number of carbonyl (C=O) groups is 4. The zero-order valence-corrected chi connectivity index (χ0v) is 20.8. The Morgan fingerprint density at radius 2 is 1.78 bits per heavy atom. The Morgan fingerprint density at radius 3 is 2.46 bits per heavy atom. The molecule has 0 bridgehead atoms. The molecule has 0 saturated carbocycles. The minimum absolute atomic E-state index is 0.0331. The molecule has 0 saturated heterocycles. The van der Waals surface area contributed by atoms with Crippen molar-refractivity contribution in [2.45, 2.75) is 51.2 Å². The molecule has 0 aliphatic carbocycles. The van der Waals surface area contributed by atoms with Crippen LogP contribution in [-0.2, 0) is 32.0 Å². The van der Waals surface area contributed by atoms with Crippen LogP contribution in [0.25, 0.3) is 10.9 Å². The van der Waals surface area contributed by atoms with E-state index in [1.807, 2.05) is 38.1 Å². The van der Waals surface area contributed by atoms with Crippen molar-refractivity contribution in [3.05, 3.63) is 54.2 Å². The lowest BCUT2D eigenvalue weighted by molar-refractivity contribution is -0.142. The molecule has 198 valence electrons. The Morgan fingerprint density at radius 1 is 1.03 bits per heavy atom. The highest BCUT2D eigenvalue weighted by Crippen LogP contribution is 2.18. The molecule has 2 heterocycles. The number of carboxylic acid groups (broad SMARTS) is 1. The van der Waals surface area contributed by atoms with Crippen LogP contribution in [0.2, 0.25) is 0 Å². The van der Waals surface area contributed by atoms with Crippen molar-refractivity contribution >= 4 is 34.6 Å². The van der Waals surface area contributed by atoms with Crippen molar-refractivity contribution in [3.8, 4) is 0 Å². The molecule has 8 N–H and O–H groups in total. The summed E-state index contributed by atoms with van der Waals surface area (Å²) in [7, 11) is 0. The lowest BCUT2D eigenvalue weighted by Gasteiger charge is -2.22. The van der Waals surface area contributed by atoms with E-state index in [1.165, 1.54) is 12.5 Å². The molecule has 2 aromatic heterocycles. The average molecular weight is 512 g/mol. The number of hydrogen-bond donors (Lipinski definition) is 7. The number of para-hydroxylation sites is 1. The molecule has 0 fully saturated rings. The fourth-order valence-corrected chi connectivity index (χ4v) is 3.96. The van der Waals surface area contributed by atoms with E-state index in [2.05, 4.69) is 30.9 Å². The molecule has 37 heavy (non-hydrogen) atoms. The Hall–Kier alpha value is -4.19. The van der Waals surface area contributed by atoms with Crippen LogP contribution >= 0.6 is 0 Å². The summed E-state index contributed by atoms with van der Waals surface area (Å²) in [5.74, 6) is -2.92. The number of nitrogens with zero attached hydrogens (tertiary/aromatic N) is 1. The fourth-order valence-electron chi connectivity index (χ4n) is 3.96. The number of carboxylic acids is 1. The molecule has 3 rings (SSSR count). The van der Waals surface area contributed by atoms with E-state index in [0.29, 0.717) is 5.69 Å². The maximum atomic E-state index is 12.9. The smallest absolute Gasteiger partial charge is 0.326 e. The highest BCUT2D eigenvalue weighted by atomic mass is 16.4. The molecule has 3 unspecified atom stereocenters. The topological polar surface area (TPSA) is 195 Å². The molecule has 3 aromatic rings. The second kappa shape index (κ2) is 12.7. The number of amides is 3. The first-order chi connectivity index (χ1) is 17.6. The van der Waals surface area contributed by atoms with Crippen LogP contribution in [-0.4, -0.2) is 68.4 Å². The van der Waals surface area contributed by atoms with Crippen LogP contribution in [0.4, 0.5) is 0 Å². The van der Waals surface area contributed by atoms with E-state index < -0.39 is 48.4 Å². The summed E-state index contributed by atoms with van der Waals surface area (Å²) in [6.45, 7) is 3.29. The Balaban J connectivity index is 1.57. The molecule has 0 spiro atoms. The molecule has 1 aromatic carbocycles. The maximum absolute atomic E-state index is 12.9. The van der Waals surface area contributed by atoms with Gasteiger partial charge in [0.05, 0.1) is 18.9 Å². The number of benzene rings is 1. The predicted octanol–water partition coefficient (Wildman–Crippen LogP) is 0.220. The molecule has 12 nitrogen and oxygen atoms in total. The van der Waals surface area contributed by atoms with Gasteiger partial charge in [-0.25, -0.2) is 9.78 Å². The third kappa shape index (κ3) is 7.90. The van der Waals surface area contributed by atoms with E-state index in [-0.39, 0.29) is 25.2 Å². The quantitative estimate of drug-likeness (QED) is 0.170. The molecule has 0 aliphatic heterocycles. The lowest BCUT2D eigenvalue weighted by atomic mass is 10.0. The van der Waals surface area contributed by atoms with Gasteiger partial charge in [0.15, 0.2) is 0 Å². The van der Waals surface area contributed by atoms with Gasteiger partial charge in [-0.05, 0) is 30.4 Å². The van der Waals surface area contributed by atoms with Gasteiger partial charge in [0.1, 0.15) is 12.1 Å². The van der Waals surface area contributed by atoms with E-state index in [9.17, 15) is 24.3 Å². The summed E-state index contributed by atoms with van der Waals surface area (Å²) in [4.78, 5) is 59.5. The Bertz CT molecular complexity index is 1220. The lowest BCUT2D eigenvalue weighted by Crippen LogP contribution is -2.54. The summed E-state index contributed by atoms with van der Waals surface area (Å²) < 4.78 is 0. The number of H-pyrrole nitrogens is 2. The number of aliphatic carboxylic acids is 1. The van der Waals surface area contributed by atoms with Crippen LogP contribution in [0.1, 0.15) is 31.5 Å². The number of fused-ring (bicyclic) bond motifs is 1. The number of hydrogen-bond acceptors (Lipinski definition) is 6. The van der Waals surface area contributed by atoms with Gasteiger partial charge < -0.3 is 36.8 Å².